The summed E-state index contributed by atoms with van der Waals surface area (Å²) in [6.45, 7) is 6.30. The molecule has 1 aliphatic heterocycles. The Balaban J connectivity index is 2.21. The van der Waals surface area contributed by atoms with Crippen molar-refractivity contribution in [1.29, 1.82) is 0 Å². The van der Waals surface area contributed by atoms with Crippen molar-refractivity contribution in [3.63, 3.8) is 0 Å². The van der Waals surface area contributed by atoms with Crippen LogP contribution in [-0.4, -0.2) is 42.3 Å². The number of ether oxygens (including phenoxy) is 3. The van der Waals surface area contributed by atoms with Crippen LogP contribution >= 0.6 is 0 Å². The molecule has 2 heterocycles. The zero-order valence-electron chi connectivity index (χ0n) is 12.6. The minimum absolute atomic E-state index is 0.132. The summed E-state index contributed by atoms with van der Waals surface area (Å²) in [6.07, 6.45) is -2.28. The molecule has 0 spiro atoms. The van der Waals surface area contributed by atoms with E-state index in [4.69, 9.17) is 14.2 Å². The average Bonchev–Trinajstić information content (AvgIpc) is 2.74. The van der Waals surface area contributed by atoms with Gasteiger partial charge in [-0.15, -0.1) is 0 Å². The quantitative estimate of drug-likeness (QED) is 0.805. The Morgan fingerprint density at radius 3 is 2.81 bits per heavy atom. The summed E-state index contributed by atoms with van der Waals surface area (Å²) in [5, 5.41) is 0. The normalized spacial score (nSPS) is 29.2. The predicted molar refractivity (Wildman–Crippen MR) is 76.0 cm³/mol. The summed E-state index contributed by atoms with van der Waals surface area (Å²) in [5.74, 6) is 0. The molecular weight excluding hydrogens is 277 g/mol. The maximum atomic E-state index is 14.7. The van der Waals surface area contributed by atoms with Gasteiger partial charge in [-0.3, -0.25) is 9.36 Å². The maximum absolute atomic E-state index is 14.7. The van der Waals surface area contributed by atoms with Crippen molar-refractivity contribution in [3.05, 3.63) is 34.7 Å². The molecule has 1 aromatic rings. The van der Waals surface area contributed by atoms with E-state index in [1.807, 2.05) is 20.8 Å². The number of alkyl halides is 1. The lowest BCUT2D eigenvalue weighted by Gasteiger charge is -2.21. The van der Waals surface area contributed by atoms with Crippen LogP contribution in [0.25, 0.3) is 0 Å². The van der Waals surface area contributed by atoms with Crippen molar-refractivity contribution in [2.24, 2.45) is 0 Å². The van der Waals surface area contributed by atoms with E-state index in [2.05, 4.69) is 0 Å². The van der Waals surface area contributed by atoms with Crippen LogP contribution in [0.3, 0.4) is 0 Å². The number of nitrogens with zero attached hydrogens (tertiary/aromatic N) is 1. The van der Waals surface area contributed by atoms with Crippen LogP contribution in [0.15, 0.2) is 29.2 Å². The van der Waals surface area contributed by atoms with E-state index in [0.717, 1.165) is 0 Å². The minimum atomic E-state index is -1.42. The molecule has 1 fully saturated rings. The molecule has 0 aliphatic carbocycles. The van der Waals surface area contributed by atoms with E-state index >= 15 is 0 Å². The van der Waals surface area contributed by atoms with Gasteiger partial charge in [0.05, 0.1) is 12.7 Å². The SMILES string of the molecule is CCOC[C@H]1O[C@@H](n2ccccc2=O)[C@H](F)[C@@H]1OC(C)C. The molecule has 5 nitrogen and oxygen atoms in total. The monoisotopic (exact) mass is 299 g/mol. The number of pyridine rings is 1. The first kappa shape index (κ1) is 16.1. The zero-order chi connectivity index (χ0) is 15.4. The van der Waals surface area contributed by atoms with E-state index < -0.39 is 24.6 Å². The van der Waals surface area contributed by atoms with Crippen LogP contribution in [0.1, 0.15) is 27.0 Å². The van der Waals surface area contributed by atoms with Gasteiger partial charge in [0.15, 0.2) is 12.4 Å². The van der Waals surface area contributed by atoms with Gasteiger partial charge in [0, 0.05) is 18.9 Å². The summed E-state index contributed by atoms with van der Waals surface area (Å²) in [5.41, 5.74) is -0.300. The molecular formula is C15H22FNO4. The first-order valence-electron chi connectivity index (χ1n) is 7.24. The van der Waals surface area contributed by atoms with Crippen LogP contribution in [0.2, 0.25) is 0 Å². The van der Waals surface area contributed by atoms with E-state index in [9.17, 15) is 9.18 Å². The predicted octanol–water partition coefficient (Wildman–Crippen LogP) is 1.91. The molecule has 0 amide bonds. The van der Waals surface area contributed by atoms with Crippen molar-refractivity contribution in [1.82, 2.24) is 4.57 Å². The molecule has 1 aliphatic rings. The van der Waals surface area contributed by atoms with Gasteiger partial charge in [-0.05, 0) is 26.8 Å². The third-order valence-corrected chi connectivity index (χ3v) is 3.31. The largest absolute Gasteiger partial charge is 0.379 e. The second-order valence-electron chi connectivity index (χ2n) is 5.26. The molecule has 1 saturated heterocycles. The zero-order valence-corrected chi connectivity index (χ0v) is 12.6. The summed E-state index contributed by atoms with van der Waals surface area (Å²) >= 11 is 0. The van der Waals surface area contributed by atoms with Crippen molar-refractivity contribution >= 4 is 0 Å². The summed E-state index contributed by atoms with van der Waals surface area (Å²) in [4.78, 5) is 11.8. The Kier molecular flexibility index (Phi) is 5.50. The highest BCUT2D eigenvalue weighted by molar-refractivity contribution is 4.99. The van der Waals surface area contributed by atoms with E-state index in [-0.39, 0.29) is 18.3 Å². The summed E-state index contributed by atoms with van der Waals surface area (Å²) in [6, 6.07) is 4.66. The molecule has 0 unspecified atom stereocenters. The second kappa shape index (κ2) is 7.15. The van der Waals surface area contributed by atoms with Gasteiger partial charge >= 0.3 is 0 Å². The molecule has 0 radical (unpaired) electrons. The highest BCUT2D eigenvalue weighted by atomic mass is 19.1. The van der Waals surface area contributed by atoms with Gasteiger partial charge in [-0.25, -0.2) is 4.39 Å². The molecule has 21 heavy (non-hydrogen) atoms. The molecule has 0 aromatic carbocycles. The number of aromatic nitrogens is 1. The van der Waals surface area contributed by atoms with Crippen LogP contribution in [-0.2, 0) is 14.2 Å². The average molecular weight is 299 g/mol. The fourth-order valence-corrected chi connectivity index (χ4v) is 2.41. The lowest BCUT2D eigenvalue weighted by molar-refractivity contribution is -0.0872. The molecule has 0 bridgehead atoms. The summed E-state index contributed by atoms with van der Waals surface area (Å²) < 4.78 is 32.6. The van der Waals surface area contributed by atoms with Gasteiger partial charge in [0.2, 0.25) is 0 Å². The van der Waals surface area contributed by atoms with Crippen molar-refractivity contribution in [2.75, 3.05) is 13.2 Å². The Morgan fingerprint density at radius 2 is 2.19 bits per heavy atom. The standard InChI is InChI=1S/C15H22FNO4/c1-4-19-9-11-14(20-10(2)3)13(16)15(21-11)17-8-6-5-7-12(17)18/h5-8,10-11,13-15H,4,9H2,1-3H3/t11-,13-,14-,15-/m1/s1. The topological polar surface area (TPSA) is 49.7 Å². The number of halogens is 1. The molecule has 6 heteroatoms. The lowest BCUT2D eigenvalue weighted by atomic mass is 10.1. The Hall–Kier alpha value is -1.24. The van der Waals surface area contributed by atoms with Crippen molar-refractivity contribution < 1.29 is 18.6 Å². The summed E-state index contributed by atoms with van der Waals surface area (Å²) in [7, 11) is 0. The van der Waals surface area contributed by atoms with E-state index in [1.165, 1.54) is 16.8 Å². The van der Waals surface area contributed by atoms with Crippen LogP contribution < -0.4 is 5.56 Å². The third kappa shape index (κ3) is 3.70. The number of hydrogen-bond acceptors (Lipinski definition) is 4. The molecule has 0 saturated carbocycles. The molecule has 2 rings (SSSR count). The Morgan fingerprint density at radius 1 is 1.43 bits per heavy atom. The van der Waals surface area contributed by atoms with Crippen molar-refractivity contribution in [2.45, 2.75) is 51.5 Å². The maximum Gasteiger partial charge on any atom is 0.252 e. The second-order valence-corrected chi connectivity index (χ2v) is 5.26. The molecule has 0 N–H and O–H groups in total. The van der Waals surface area contributed by atoms with Crippen LogP contribution in [0, 0.1) is 0 Å². The number of hydrogen-bond donors (Lipinski definition) is 0. The van der Waals surface area contributed by atoms with Crippen molar-refractivity contribution in [3.8, 4) is 0 Å². The van der Waals surface area contributed by atoms with Gasteiger partial charge in [0.1, 0.15) is 12.2 Å². The first-order valence-corrected chi connectivity index (χ1v) is 7.24. The Bertz CT molecular complexity index is 504. The Labute approximate surface area is 123 Å². The van der Waals surface area contributed by atoms with Gasteiger partial charge in [-0.2, -0.15) is 0 Å². The van der Waals surface area contributed by atoms with E-state index in [0.29, 0.717) is 6.61 Å². The van der Waals surface area contributed by atoms with Gasteiger partial charge in [0.25, 0.3) is 5.56 Å². The van der Waals surface area contributed by atoms with E-state index in [1.54, 1.807) is 12.1 Å². The molecule has 4 atom stereocenters. The fourth-order valence-electron chi connectivity index (χ4n) is 2.41. The highest BCUT2D eigenvalue weighted by Crippen LogP contribution is 2.33. The fraction of sp³-hybridized carbons (Fsp3) is 0.667. The third-order valence-electron chi connectivity index (χ3n) is 3.31. The van der Waals surface area contributed by atoms with Crippen LogP contribution in [0.5, 0.6) is 0 Å². The molecule has 118 valence electrons. The lowest BCUT2D eigenvalue weighted by Crippen LogP contribution is -2.37. The number of rotatable bonds is 6. The highest BCUT2D eigenvalue weighted by Gasteiger charge is 2.47. The molecule has 1 aromatic heterocycles. The smallest absolute Gasteiger partial charge is 0.252 e. The first-order chi connectivity index (χ1) is 10.0. The van der Waals surface area contributed by atoms with Crippen LogP contribution in [0.4, 0.5) is 4.39 Å². The van der Waals surface area contributed by atoms with Gasteiger partial charge in [-0.1, -0.05) is 6.07 Å². The minimum Gasteiger partial charge on any atom is -0.379 e. The van der Waals surface area contributed by atoms with Gasteiger partial charge < -0.3 is 14.2 Å².